The van der Waals surface area contributed by atoms with Gasteiger partial charge in [0.1, 0.15) is 18.6 Å². The molecule has 12 nitrogen and oxygen atoms in total. The molecular formula is C19H25N5O7. The number of aliphatic hydroxyl groups excluding tert-OH is 2. The number of nitrogens with one attached hydrogen (secondary N) is 4. The molecule has 0 fully saturated rings. The van der Waals surface area contributed by atoms with Crippen LogP contribution in [0.5, 0.6) is 0 Å². The Balaban J connectivity index is 1.95. The summed E-state index contributed by atoms with van der Waals surface area (Å²) in [6.07, 6.45) is 1.90. The molecular weight excluding hydrogens is 410 g/mol. The second kappa shape index (κ2) is 11.1. The number of H-pyrrole nitrogens is 1. The minimum Gasteiger partial charge on any atom is -0.480 e. The van der Waals surface area contributed by atoms with Crippen molar-refractivity contribution in [3.63, 3.8) is 0 Å². The number of aliphatic hydroxyl groups is 2. The summed E-state index contributed by atoms with van der Waals surface area (Å²) in [5, 5.41) is 34.7. The molecule has 31 heavy (non-hydrogen) atoms. The fourth-order valence-corrected chi connectivity index (χ4v) is 2.86. The van der Waals surface area contributed by atoms with Crippen LogP contribution >= 0.6 is 0 Å². The van der Waals surface area contributed by atoms with Gasteiger partial charge in [0.15, 0.2) is 0 Å². The van der Waals surface area contributed by atoms with Crippen molar-refractivity contribution in [2.75, 3.05) is 19.8 Å². The van der Waals surface area contributed by atoms with Crippen molar-refractivity contribution in [2.45, 2.75) is 24.5 Å². The molecule has 0 saturated carbocycles. The minimum absolute atomic E-state index is 0.173. The molecule has 12 heteroatoms. The van der Waals surface area contributed by atoms with Gasteiger partial charge in [-0.3, -0.25) is 19.2 Å². The third-order valence-corrected chi connectivity index (χ3v) is 4.50. The molecule has 9 N–H and O–H groups in total. The van der Waals surface area contributed by atoms with E-state index in [1.807, 2.05) is 29.6 Å². The lowest BCUT2D eigenvalue weighted by Crippen LogP contribution is -2.58. The molecule has 0 aliphatic carbocycles. The summed E-state index contributed by atoms with van der Waals surface area (Å²) in [5.74, 6) is -3.88. The second-order valence-electron chi connectivity index (χ2n) is 6.77. The molecule has 1 heterocycles. The summed E-state index contributed by atoms with van der Waals surface area (Å²) < 4.78 is 0. The van der Waals surface area contributed by atoms with Gasteiger partial charge in [-0.25, -0.2) is 0 Å². The summed E-state index contributed by atoms with van der Waals surface area (Å²) in [6.45, 7) is -2.30. The van der Waals surface area contributed by atoms with Crippen LogP contribution in [0.3, 0.4) is 0 Å². The predicted octanol–water partition coefficient (Wildman–Crippen LogP) is -2.81. The van der Waals surface area contributed by atoms with Crippen molar-refractivity contribution in [1.29, 1.82) is 0 Å². The quantitative estimate of drug-likeness (QED) is 0.184. The number of carbonyl (C=O) groups is 4. The number of carbonyl (C=O) groups excluding carboxylic acids is 3. The van der Waals surface area contributed by atoms with E-state index in [1.165, 1.54) is 0 Å². The number of nitrogens with two attached hydrogens (primary N) is 1. The number of rotatable bonds is 11. The van der Waals surface area contributed by atoms with Crippen LogP contribution in [0.4, 0.5) is 0 Å². The Bertz CT molecular complexity index is 945. The molecule has 0 spiro atoms. The molecule has 0 bridgehead atoms. The van der Waals surface area contributed by atoms with Gasteiger partial charge in [-0.1, -0.05) is 18.2 Å². The first-order chi connectivity index (χ1) is 14.8. The zero-order valence-electron chi connectivity index (χ0n) is 16.5. The number of fused-ring (bicyclic) bond motifs is 1. The summed E-state index contributed by atoms with van der Waals surface area (Å²) in [5.41, 5.74) is 7.63. The number of carboxylic acid groups (broad SMARTS) is 1. The Kier molecular flexibility index (Phi) is 8.49. The smallest absolute Gasteiger partial charge is 0.322 e. The molecule has 0 radical (unpaired) electrons. The highest BCUT2D eigenvalue weighted by molar-refractivity contribution is 5.94. The second-order valence-corrected chi connectivity index (χ2v) is 6.77. The fourth-order valence-electron chi connectivity index (χ4n) is 2.86. The van der Waals surface area contributed by atoms with Gasteiger partial charge in [0.2, 0.25) is 17.7 Å². The zero-order chi connectivity index (χ0) is 23.0. The standard InChI is InChI=1S/C19H25N5O7/c20-12(5-10-6-21-13-4-2-1-3-11(10)13)17(29)23-15(9-26)19(31)24-14(8-25)18(30)22-7-16(27)28/h1-4,6,12,14-15,21,25-26H,5,7-9,20H2,(H,22,30)(H,23,29)(H,24,31)(H,27,28). The molecule has 3 unspecified atom stereocenters. The normalized spacial score (nSPS) is 13.8. The predicted molar refractivity (Wildman–Crippen MR) is 109 cm³/mol. The number of aromatic amines is 1. The Morgan fingerprint density at radius 1 is 0.968 bits per heavy atom. The maximum absolute atomic E-state index is 12.4. The lowest BCUT2D eigenvalue weighted by Gasteiger charge is -2.22. The SMILES string of the molecule is NC(Cc1c[nH]c2ccccc12)C(=O)NC(CO)C(=O)NC(CO)C(=O)NCC(=O)O. The van der Waals surface area contributed by atoms with Gasteiger partial charge >= 0.3 is 5.97 Å². The first kappa shape index (κ1) is 23.8. The number of para-hydroxylation sites is 1. The molecule has 168 valence electrons. The third-order valence-electron chi connectivity index (χ3n) is 4.50. The summed E-state index contributed by atoms with van der Waals surface area (Å²) in [7, 11) is 0. The van der Waals surface area contributed by atoms with E-state index in [1.54, 1.807) is 6.20 Å². The van der Waals surface area contributed by atoms with Crippen LogP contribution in [0, 0.1) is 0 Å². The number of aromatic nitrogens is 1. The maximum atomic E-state index is 12.4. The van der Waals surface area contributed by atoms with Crippen LogP contribution in [0.25, 0.3) is 10.9 Å². The van der Waals surface area contributed by atoms with E-state index in [4.69, 9.17) is 10.8 Å². The molecule has 0 aliphatic heterocycles. The van der Waals surface area contributed by atoms with Gasteiger partial charge in [0.05, 0.1) is 19.3 Å². The third kappa shape index (κ3) is 6.50. The molecule has 2 aromatic rings. The van der Waals surface area contributed by atoms with E-state index in [9.17, 15) is 29.4 Å². The highest BCUT2D eigenvalue weighted by atomic mass is 16.4. The van der Waals surface area contributed by atoms with E-state index in [2.05, 4.69) is 15.6 Å². The monoisotopic (exact) mass is 435 g/mol. The maximum Gasteiger partial charge on any atom is 0.322 e. The van der Waals surface area contributed by atoms with Crippen LogP contribution in [-0.2, 0) is 25.6 Å². The molecule has 1 aromatic carbocycles. The van der Waals surface area contributed by atoms with E-state index < -0.39 is 61.6 Å². The number of amides is 3. The van der Waals surface area contributed by atoms with E-state index >= 15 is 0 Å². The van der Waals surface area contributed by atoms with Gasteiger partial charge in [-0.15, -0.1) is 0 Å². The number of aliphatic carboxylic acids is 1. The van der Waals surface area contributed by atoms with Gasteiger partial charge in [0.25, 0.3) is 0 Å². The van der Waals surface area contributed by atoms with Gasteiger partial charge in [0, 0.05) is 17.1 Å². The highest BCUT2D eigenvalue weighted by Crippen LogP contribution is 2.18. The van der Waals surface area contributed by atoms with Crippen LogP contribution in [0.15, 0.2) is 30.5 Å². The summed E-state index contributed by atoms with van der Waals surface area (Å²) in [4.78, 5) is 50.1. The number of hydrogen-bond acceptors (Lipinski definition) is 7. The number of benzene rings is 1. The fraction of sp³-hybridized carbons (Fsp3) is 0.368. The van der Waals surface area contributed by atoms with Crippen molar-refractivity contribution in [1.82, 2.24) is 20.9 Å². The van der Waals surface area contributed by atoms with Crippen LogP contribution < -0.4 is 21.7 Å². The Morgan fingerprint density at radius 2 is 1.58 bits per heavy atom. The van der Waals surface area contributed by atoms with Crippen molar-refractivity contribution >= 4 is 34.6 Å². The van der Waals surface area contributed by atoms with Crippen LogP contribution in [0.2, 0.25) is 0 Å². The number of hydrogen-bond donors (Lipinski definition) is 8. The molecule has 3 amide bonds. The molecule has 0 saturated heterocycles. The van der Waals surface area contributed by atoms with Crippen LogP contribution in [-0.4, -0.2) is 81.9 Å². The first-order valence-corrected chi connectivity index (χ1v) is 9.39. The van der Waals surface area contributed by atoms with Crippen molar-refractivity contribution in [2.24, 2.45) is 5.73 Å². The molecule has 3 atom stereocenters. The van der Waals surface area contributed by atoms with E-state index in [-0.39, 0.29) is 6.42 Å². The Labute approximate surface area is 176 Å². The minimum atomic E-state index is -1.46. The molecule has 2 rings (SSSR count). The Hall–Kier alpha value is -3.48. The molecule has 0 aliphatic rings. The van der Waals surface area contributed by atoms with Gasteiger partial charge in [-0.2, -0.15) is 0 Å². The average molecular weight is 435 g/mol. The van der Waals surface area contributed by atoms with Crippen molar-refractivity contribution in [3.8, 4) is 0 Å². The van der Waals surface area contributed by atoms with Crippen molar-refractivity contribution < 1.29 is 34.5 Å². The number of carboxylic acids is 1. The highest BCUT2D eigenvalue weighted by Gasteiger charge is 2.27. The van der Waals surface area contributed by atoms with E-state index in [0.29, 0.717) is 0 Å². The first-order valence-electron chi connectivity index (χ1n) is 9.39. The lowest BCUT2D eigenvalue weighted by molar-refractivity contribution is -0.139. The topological polar surface area (TPSA) is 207 Å². The Morgan fingerprint density at radius 3 is 2.23 bits per heavy atom. The summed E-state index contributed by atoms with van der Waals surface area (Å²) in [6, 6.07) is 3.55. The average Bonchev–Trinajstić information content (AvgIpc) is 3.16. The summed E-state index contributed by atoms with van der Waals surface area (Å²) >= 11 is 0. The zero-order valence-corrected chi connectivity index (χ0v) is 16.5. The van der Waals surface area contributed by atoms with Gasteiger partial charge in [-0.05, 0) is 18.1 Å². The van der Waals surface area contributed by atoms with Crippen LogP contribution in [0.1, 0.15) is 5.56 Å². The van der Waals surface area contributed by atoms with Gasteiger partial charge < -0.3 is 42.0 Å². The van der Waals surface area contributed by atoms with Crippen molar-refractivity contribution in [3.05, 3.63) is 36.0 Å². The molecule has 1 aromatic heterocycles. The van der Waals surface area contributed by atoms with E-state index in [0.717, 1.165) is 16.5 Å². The largest absolute Gasteiger partial charge is 0.480 e. The lowest BCUT2D eigenvalue weighted by atomic mass is 10.0.